The summed E-state index contributed by atoms with van der Waals surface area (Å²) in [5.74, 6) is 0.709. The average molecular weight is 264 g/mol. The minimum atomic E-state index is -0.197. The maximum atomic E-state index is 12.2. The van der Waals surface area contributed by atoms with Crippen molar-refractivity contribution in [1.29, 1.82) is 5.41 Å². The summed E-state index contributed by atoms with van der Waals surface area (Å²) >= 11 is 1.60. The molecule has 0 unspecified atom stereocenters. The number of amides is 1. The van der Waals surface area contributed by atoms with Gasteiger partial charge >= 0.3 is 0 Å². The number of carbonyl (C=O) groups is 1. The van der Waals surface area contributed by atoms with E-state index in [2.05, 4.69) is 5.32 Å². The number of anilines is 2. The van der Waals surface area contributed by atoms with E-state index in [4.69, 9.17) is 11.1 Å². The number of nitrogens with zero attached hydrogens (tertiary/aromatic N) is 1. The van der Waals surface area contributed by atoms with E-state index in [-0.39, 0.29) is 11.9 Å². The highest BCUT2D eigenvalue weighted by Crippen LogP contribution is 2.36. The van der Waals surface area contributed by atoms with Gasteiger partial charge in [0, 0.05) is 35.2 Å². The Labute approximate surface area is 110 Å². The van der Waals surface area contributed by atoms with Gasteiger partial charge in [0.1, 0.15) is 0 Å². The molecule has 1 atom stereocenters. The lowest BCUT2D eigenvalue weighted by Gasteiger charge is -2.21. The Hall–Kier alpha value is -1.53. The van der Waals surface area contributed by atoms with Crippen molar-refractivity contribution in [3.05, 3.63) is 17.7 Å². The first kappa shape index (κ1) is 12.9. The molecule has 0 radical (unpaired) electrons. The molecule has 1 aliphatic heterocycles. The molecular formula is C12H16N4OS. The third-order valence-electron chi connectivity index (χ3n) is 3.06. The van der Waals surface area contributed by atoms with Crippen LogP contribution in [0.1, 0.15) is 5.56 Å². The van der Waals surface area contributed by atoms with Crippen LogP contribution in [0.5, 0.6) is 0 Å². The predicted molar refractivity (Wildman–Crippen MR) is 75.7 cm³/mol. The second-order valence-corrected chi connectivity index (χ2v) is 5.20. The van der Waals surface area contributed by atoms with Gasteiger partial charge in [-0.3, -0.25) is 4.79 Å². The van der Waals surface area contributed by atoms with Gasteiger partial charge in [0.05, 0.1) is 11.7 Å². The number of hydrogen-bond donors (Lipinski definition) is 3. The van der Waals surface area contributed by atoms with E-state index >= 15 is 0 Å². The van der Waals surface area contributed by atoms with Crippen LogP contribution in [0.4, 0.5) is 11.4 Å². The van der Waals surface area contributed by atoms with E-state index in [1.54, 1.807) is 36.8 Å². The summed E-state index contributed by atoms with van der Waals surface area (Å²) in [7, 11) is 3.53. The topological polar surface area (TPSA) is 82.2 Å². The summed E-state index contributed by atoms with van der Waals surface area (Å²) in [6, 6.07) is 3.43. The van der Waals surface area contributed by atoms with Crippen LogP contribution in [0.25, 0.3) is 0 Å². The minimum absolute atomic E-state index is 0.0319. The molecule has 0 fully saturated rings. The maximum absolute atomic E-state index is 12.2. The van der Waals surface area contributed by atoms with Crippen molar-refractivity contribution < 1.29 is 4.79 Å². The molecule has 2 rings (SSSR count). The Morgan fingerprint density at radius 1 is 1.61 bits per heavy atom. The van der Waals surface area contributed by atoms with Crippen LogP contribution in [0.15, 0.2) is 17.0 Å². The van der Waals surface area contributed by atoms with Crippen molar-refractivity contribution in [2.75, 3.05) is 30.5 Å². The standard InChI is InChI=1S/C12H16N4OS/c1-15-9-6-18-11-4-8(14)7(5-13)3-10(11)16(2)12(9)17/h3-5,9,13,15H,6,14H2,1-2H3/t9-/m0/s1. The molecule has 5 nitrogen and oxygen atoms in total. The van der Waals surface area contributed by atoms with E-state index < -0.39 is 0 Å². The lowest BCUT2D eigenvalue weighted by molar-refractivity contribution is -0.119. The predicted octanol–water partition coefficient (Wildman–Crippen LogP) is 0.923. The van der Waals surface area contributed by atoms with Crippen LogP contribution < -0.4 is 16.0 Å². The van der Waals surface area contributed by atoms with Crippen molar-refractivity contribution >= 4 is 35.3 Å². The number of nitrogens with one attached hydrogen (secondary N) is 2. The molecule has 1 aromatic carbocycles. The molecule has 1 amide bonds. The Bertz CT molecular complexity index is 503. The second kappa shape index (κ2) is 4.99. The van der Waals surface area contributed by atoms with Gasteiger partial charge in [0.15, 0.2) is 0 Å². The number of likely N-dealkylation sites (N-methyl/N-ethyl adjacent to an activating group) is 2. The number of carbonyl (C=O) groups excluding carboxylic acids is 1. The number of nitrogen functional groups attached to an aromatic ring is 1. The number of nitrogens with two attached hydrogens (primary N) is 1. The van der Waals surface area contributed by atoms with Gasteiger partial charge in [-0.2, -0.15) is 0 Å². The largest absolute Gasteiger partial charge is 0.398 e. The van der Waals surface area contributed by atoms with Gasteiger partial charge in [-0.1, -0.05) is 0 Å². The first-order valence-electron chi connectivity index (χ1n) is 5.60. The average Bonchev–Trinajstić information content (AvgIpc) is 2.48. The molecule has 1 aliphatic rings. The fourth-order valence-electron chi connectivity index (χ4n) is 1.91. The number of hydrogen-bond acceptors (Lipinski definition) is 5. The molecule has 0 saturated carbocycles. The highest BCUT2D eigenvalue weighted by Gasteiger charge is 2.27. The Balaban J connectivity index is 2.50. The van der Waals surface area contributed by atoms with E-state index in [1.807, 2.05) is 6.07 Å². The van der Waals surface area contributed by atoms with Gasteiger partial charge in [0.25, 0.3) is 0 Å². The molecular weight excluding hydrogens is 248 g/mol. The smallest absolute Gasteiger partial charge is 0.244 e. The number of benzene rings is 1. The Morgan fingerprint density at radius 3 is 2.94 bits per heavy atom. The van der Waals surface area contributed by atoms with Gasteiger partial charge in [-0.25, -0.2) is 0 Å². The molecule has 96 valence electrons. The highest BCUT2D eigenvalue weighted by atomic mass is 32.2. The summed E-state index contributed by atoms with van der Waals surface area (Å²) in [6.45, 7) is 0. The molecule has 0 spiro atoms. The third-order valence-corrected chi connectivity index (χ3v) is 4.20. The molecule has 0 saturated heterocycles. The van der Waals surface area contributed by atoms with Gasteiger partial charge < -0.3 is 21.4 Å². The summed E-state index contributed by atoms with van der Waals surface area (Å²) in [5.41, 5.74) is 7.89. The summed E-state index contributed by atoms with van der Waals surface area (Å²) in [4.78, 5) is 14.8. The molecule has 0 aromatic heterocycles. The van der Waals surface area contributed by atoms with Crippen molar-refractivity contribution in [2.45, 2.75) is 10.9 Å². The zero-order valence-corrected chi connectivity index (χ0v) is 11.2. The Morgan fingerprint density at radius 2 is 2.33 bits per heavy atom. The van der Waals surface area contributed by atoms with E-state index in [9.17, 15) is 4.79 Å². The number of thioether (sulfide) groups is 1. The summed E-state index contributed by atoms with van der Waals surface area (Å²) < 4.78 is 0. The fourth-order valence-corrected chi connectivity index (χ4v) is 3.12. The van der Waals surface area contributed by atoms with Crippen molar-refractivity contribution in [3.8, 4) is 0 Å². The van der Waals surface area contributed by atoms with Crippen molar-refractivity contribution in [2.24, 2.45) is 0 Å². The molecule has 0 aliphatic carbocycles. The molecule has 4 N–H and O–H groups in total. The highest BCUT2D eigenvalue weighted by molar-refractivity contribution is 7.99. The van der Waals surface area contributed by atoms with E-state index in [1.165, 1.54) is 6.21 Å². The van der Waals surface area contributed by atoms with Crippen molar-refractivity contribution in [1.82, 2.24) is 5.32 Å². The molecule has 18 heavy (non-hydrogen) atoms. The lowest BCUT2D eigenvalue weighted by Crippen LogP contribution is -2.44. The van der Waals surface area contributed by atoms with Crippen LogP contribution in [-0.2, 0) is 4.79 Å². The first-order valence-corrected chi connectivity index (χ1v) is 6.58. The number of rotatable bonds is 2. The van der Waals surface area contributed by atoms with Crippen LogP contribution in [-0.4, -0.2) is 38.0 Å². The summed E-state index contributed by atoms with van der Waals surface area (Å²) in [5, 5.41) is 10.3. The molecule has 0 bridgehead atoms. The van der Waals surface area contributed by atoms with Crippen molar-refractivity contribution in [3.63, 3.8) is 0 Å². The van der Waals surface area contributed by atoms with Crippen LogP contribution in [0, 0.1) is 5.41 Å². The Kier molecular flexibility index (Phi) is 3.58. The SMILES string of the molecule is CN[C@H]1CSc2cc(N)c(C=N)cc2N(C)C1=O. The normalized spacial score (nSPS) is 19.3. The monoisotopic (exact) mass is 264 g/mol. The zero-order valence-electron chi connectivity index (χ0n) is 10.4. The van der Waals surface area contributed by atoms with E-state index in [0.29, 0.717) is 17.0 Å². The molecule has 1 aromatic rings. The lowest BCUT2D eigenvalue weighted by atomic mass is 10.1. The fraction of sp³-hybridized carbons (Fsp3) is 0.333. The quantitative estimate of drug-likeness (QED) is 0.548. The maximum Gasteiger partial charge on any atom is 0.244 e. The number of fused-ring (bicyclic) bond motifs is 1. The summed E-state index contributed by atoms with van der Waals surface area (Å²) in [6.07, 6.45) is 1.21. The van der Waals surface area contributed by atoms with E-state index in [0.717, 1.165) is 10.6 Å². The zero-order chi connectivity index (χ0) is 13.3. The third kappa shape index (κ3) is 2.09. The van der Waals surface area contributed by atoms with Crippen LogP contribution >= 0.6 is 11.8 Å². The molecule has 6 heteroatoms. The first-order chi connectivity index (χ1) is 8.58. The molecule has 1 heterocycles. The van der Waals surface area contributed by atoms with Crippen LogP contribution in [0.3, 0.4) is 0 Å². The minimum Gasteiger partial charge on any atom is -0.398 e. The van der Waals surface area contributed by atoms with Crippen LogP contribution in [0.2, 0.25) is 0 Å². The van der Waals surface area contributed by atoms with Gasteiger partial charge in [0.2, 0.25) is 5.91 Å². The second-order valence-electron chi connectivity index (χ2n) is 4.14. The van der Waals surface area contributed by atoms with Gasteiger partial charge in [-0.15, -0.1) is 11.8 Å². The van der Waals surface area contributed by atoms with Gasteiger partial charge in [-0.05, 0) is 19.2 Å².